The number of aliphatic hydroxyl groups excluding tert-OH is 1. The molecule has 8 heteroatoms. The number of aliphatic hydroxyl groups is 1. The van der Waals surface area contributed by atoms with E-state index in [1.54, 1.807) is 18.2 Å². The van der Waals surface area contributed by atoms with Crippen LogP contribution < -0.4 is 5.32 Å². The van der Waals surface area contributed by atoms with Crippen molar-refractivity contribution in [3.8, 4) is 5.75 Å². The summed E-state index contributed by atoms with van der Waals surface area (Å²) in [6.45, 7) is 0.537. The summed E-state index contributed by atoms with van der Waals surface area (Å²) < 4.78 is 25.5. The Labute approximate surface area is 192 Å². The number of phenols is 1. The molecule has 0 bridgehead atoms. The number of sulfone groups is 1. The summed E-state index contributed by atoms with van der Waals surface area (Å²) in [4.78, 5) is 0. The van der Waals surface area contributed by atoms with Crippen molar-refractivity contribution in [2.24, 2.45) is 5.92 Å². The zero-order chi connectivity index (χ0) is 20.6. The second-order valence-corrected chi connectivity index (χ2v) is 11.3. The molecule has 1 saturated carbocycles. The predicted octanol–water partition coefficient (Wildman–Crippen LogP) is 3.56. The molecule has 3 atom stereocenters. The molecule has 1 heterocycles. The van der Waals surface area contributed by atoms with Gasteiger partial charge < -0.3 is 15.5 Å². The summed E-state index contributed by atoms with van der Waals surface area (Å²) >= 11 is 3.29. The standard InChI is InChI=1S/C22H26BrNO4S.ClH/c23-19-10-14(4-7-21(19)25)8-18-12-29(27,28)13-20(22(18)26)24-11-15-2-1-3-17(9-15)16-5-6-16;/h1-4,7,9-10,16,18,20,22,24-26H,5-6,8,11-13H2;1H/t18-,20+,22+;/m1./s1. The first-order chi connectivity index (χ1) is 13.8. The maximum absolute atomic E-state index is 12.5. The molecular formula is C22H27BrClNO4S. The third kappa shape index (κ3) is 5.77. The molecule has 0 unspecified atom stereocenters. The van der Waals surface area contributed by atoms with Crippen LogP contribution in [0.5, 0.6) is 5.75 Å². The number of hydrogen-bond donors (Lipinski definition) is 3. The van der Waals surface area contributed by atoms with E-state index >= 15 is 0 Å². The number of hydrogen-bond acceptors (Lipinski definition) is 5. The van der Waals surface area contributed by atoms with Crippen LogP contribution in [0.2, 0.25) is 0 Å². The SMILES string of the molecule is Cl.O=S1(=O)C[C@@H](Cc2ccc(O)c(Br)c2)[C@H](O)[C@@H](NCc2cccc(C3CC3)c2)C1. The Balaban J connectivity index is 0.00000256. The molecule has 0 radical (unpaired) electrons. The summed E-state index contributed by atoms with van der Waals surface area (Å²) in [5, 5.41) is 23.8. The molecule has 1 aliphatic heterocycles. The Morgan fingerprint density at radius 3 is 2.53 bits per heavy atom. The minimum Gasteiger partial charge on any atom is -0.507 e. The van der Waals surface area contributed by atoms with Gasteiger partial charge >= 0.3 is 0 Å². The molecule has 1 aliphatic carbocycles. The first-order valence-corrected chi connectivity index (χ1v) is 12.6. The molecule has 1 saturated heterocycles. The highest BCUT2D eigenvalue weighted by molar-refractivity contribution is 9.10. The molecular weight excluding hydrogens is 490 g/mol. The number of rotatable bonds is 6. The monoisotopic (exact) mass is 515 g/mol. The van der Waals surface area contributed by atoms with Crippen LogP contribution in [-0.4, -0.2) is 42.3 Å². The number of halogens is 2. The Bertz CT molecular complexity index is 996. The van der Waals surface area contributed by atoms with Crippen molar-refractivity contribution < 1.29 is 18.6 Å². The summed E-state index contributed by atoms with van der Waals surface area (Å²) in [6.07, 6.45) is 2.17. The smallest absolute Gasteiger partial charge is 0.152 e. The van der Waals surface area contributed by atoms with Gasteiger partial charge in [0.15, 0.2) is 9.84 Å². The van der Waals surface area contributed by atoms with Crippen molar-refractivity contribution in [2.75, 3.05) is 11.5 Å². The van der Waals surface area contributed by atoms with Crippen molar-refractivity contribution >= 4 is 38.2 Å². The van der Waals surface area contributed by atoms with E-state index in [0.717, 1.165) is 11.1 Å². The lowest BCUT2D eigenvalue weighted by Crippen LogP contribution is -2.54. The van der Waals surface area contributed by atoms with E-state index in [9.17, 15) is 18.6 Å². The van der Waals surface area contributed by atoms with Crippen molar-refractivity contribution in [3.63, 3.8) is 0 Å². The van der Waals surface area contributed by atoms with E-state index in [4.69, 9.17) is 0 Å². The molecule has 2 aromatic rings. The van der Waals surface area contributed by atoms with Gasteiger partial charge in [0.2, 0.25) is 0 Å². The number of phenolic OH excluding ortho intramolecular Hbond substituents is 1. The first kappa shape index (κ1) is 23.5. The van der Waals surface area contributed by atoms with Crippen LogP contribution in [0, 0.1) is 5.92 Å². The Kier molecular flexibility index (Phi) is 7.51. The van der Waals surface area contributed by atoms with Crippen LogP contribution >= 0.6 is 28.3 Å². The third-order valence-electron chi connectivity index (χ3n) is 5.87. The number of aromatic hydroxyl groups is 1. The molecule has 2 fully saturated rings. The van der Waals surface area contributed by atoms with E-state index in [1.165, 1.54) is 18.4 Å². The lowest BCUT2D eigenvalue weighted by atomic mass is 9.91. The Hall–Kier alpha value is -1.12. The number of nitrogens with one attached hydrogen (secondary N) is 1. The minimum atomic E-state index is -3.25. The maximum atomic E-state index is 12.5. The van der Waals surface area contributed by atoms with Gasteiger partial charge in [-0.3, -0.25) is 0 Å². The molecule has 2 aromatic carbocycles. The average molecular weight is 517 g/mol. The summed E-state index contributed by atoms with van der Waals surface area (Å²) in [5.41, 5.74) is 3.34. The van der Waals surface area contributed by atoms with E-state index in [-0.39, 0.29) is 35.6 Å². The average Bonchev–Trinajstić information content (AvgIpc) is 3.51. The molecule has 30 heavy (non-hydrogen) atoms. The highest BCUT2D eigenvalue weighted by Gasteiger charge is 2.39. The van der Waals surface area contributed by atoms with Gasteiger partial charge in [-0.25, -0.2) is 8.42 Å². The topological polar surface area (TPSA) is 86.6 Å². The van der Waals surface area contributed by atoms with Gasteiger partial charge in [0, 0.05) is 18.5 Å². The van der Waals surface area contributed by atoms with Crippen molar-refractivity contribution in [1.82, 2.24) is 5.32 Å². The third-order valence-corrected chi connectivity index (χ3v) is 8.31. The van der Waals surface area contributed by atoms with E-state index in [2.05, 4.69) is 33.4 Å². The van der Waals surface area contributed by atoms with E-state index in [1.807, 2.05) is 12.1 Å². The van der Waals surface area contributed by atoms with Crippen molar-refractivity contribution in [2.45, 2.75) is 43.9 Å². The van der Waals surface area contributed by atoms with Crippen LogP contribution in [0.3, 0.4) is 0 Å². The van der Waals surface area contributed by atoms with Gasteiger partial charge in [-0.1, -0.05) is 30.3 Å². The van der Waals surface area contributed by atoms with Crippen LogP contribution in [0.4, 0.5) is 0 Å². The Morgan fingerprint density at radius 1 is 1.07 bits per heavy atom. The van der Waals surface area contributed by atoms with E-state index < -0.39 is 22.0 Å². The van der Waals surface area contributed by atoms with Crippen LogP contribution in [0.25, 0.3) is 0 Å². The zero-order valence-corrected chi connectivity index (χ0v) is 19.7. The lowest BCUT2D eigenvalue weighted by molar-refractivity contribution is 0.0781. The van der Waals surface area contributed by atoms with Gasteiger partial charge in [0.1, 0.15) is 5.75 Å². The lowest BCUT2D eigenvalue weighted by Gasteiger charge is -2.35. The number of benzene rings is 2. The van der Waals surface area contributed by atoms with Gasteiger partial charge in [0.25, 0.3) is 0 Å². The molecule has 2 aliphatic rings. The quantitative estimate of drug-likeness (QED) is 0.547. The van der Waals surface area contributed by atoms with Crippen LogP contribution in [0.15, 0.2) is 46.9 Å². The highest BCUT2D eigenvalue weighted by atomic mass is 79.9. The molecule has 0 aromatic heterocycles. The fourth-order valence-electron chi connectivity index (χ4n) is 4.16. The van der Waals surface area contributed by atoms with Crippen LogP contribution in [-0.2, 0) is 22.8 Å². The van der Waals surface area contributed by atoms with Crippen LogP contribution in [0.1, 0.15) is 35.4 Å². The van der Waals surface area contributed by atoms with Crippen molar-refractivity contribution in [3.05, 3.63) is 63.6 Å². The fraction of sp³-hybridized carbons (Fsp3) is 0.455. The Morgan fingerprint density at radius 2 is 1.83 bits per heavy atom. The summed E-state index contributed by atoms with van der Waals surface area (Å²) in [6, 6.07) is 13.0. The normalized spacial score (nSPS) is 25.5. The molecule has 164 valence electrons. The van der Waals surface area contributed by atoms with Gasteiger partial charge in [0.05, 0.1) is 22.1 Å². The van der Waals surface area contributed by atoms with Gasteiger partial charge in [-0.2, -0.15) is 0 Å². The molecule has 0 spiro atoms. The largest absolute Gasteiger partial charge is 0.507 e. The first-order valence-electron chi connectivity index (χ1n) is 9.99. The van der Waals surface area contributed by atoms with E-state index in [0.29, 0.717) is 23.4 Å². The minimum absolute atomic E-state index is 0. The van der Waals surface area contributed by atoms with Crippen molar-refractivity contribution in [1.29, 1.82) is 0 Å². The molecule has 0 amide bonds. The second kappa shape index (κ2) is 9.57. The second-order valence-electron chi connectivity index (χ2n) is 8.32. The van der Waals surface area contributed by atoms with Gasteiger partial charge in [-0.15, -0.1) is 12.4 Å². The maximum Gasteiger partial charge on any atom is 0.152 e. The zero-order valence-electron chi connectivity index (χ0n) is 16.5. The summed E-state index contributed by atoms with van der Waals surface area (Å²) in [7, 11) is -3.25. The molecule has 4 rings (SSSR count). The fourth-order valence-corrected chi connectivity index (χ4v) is 6.55. The molecule has 5 nitrogen and oxygen atoms in total. The molecule has 3 N–H and O–H groups in total. The summed E-state index contributed by atoms with van der Waals surface area (Å²) in [5.74, 6) is 0.345. The predicted molar refractivity (Wildman–Crippen MR) is 124 cm³/mol. The van der Waals surface area contributed by atoms with Gasteiger partial charge in [-0.05, 0) is 69.9 Å². The highest BCUT2D eigenvalue weighted by Crippen LogP contribution is 2.40.